The molecule has 22 heavy (non-hydrogen) atoms. The largest absolute Gasteiger partial charge is 0.497 e. The maximum atomic E-state index is 12.4. The van der Waals surface area contributed by atoms with Gasteiger partial charge in [0.1, 0.15) is 11.5 Å². The fourth-order valence-electron chi connectivity index (χ4n) is 2.12. The quantitative estimate of drug-likeness (QED) is 0.783. The Bertz CT molecular complexity index is 626. The number of nitrogens with zero attached hydrogens (tertiary/aromatic N) is 2. The van der Waals surface area contributed by atoms with E-state index in [0.29, 0.717) is 29.5 Å². The fourth-order valence-corrected chi connectivity index (χ4v) is 3.21. The normalized spacial score (nSPS) is 18.4. The van der Waals surface area contributed by atoms with E-state index in [4.69, 9.17) is 9.47 Å². The SMILES string of the molecule is CCN=C1S/C(=C/c2ccc(OC)cc2OC)C(=O)N1CC. The predicted molar refractivity (Wildman–Crippen MR) is 90.5 cm³/mol. The molecule has 0 radical (unpaired) electrons. The lowest BCUT2D eigenvalue weighted by molar-refractivity contribution is -0.122. The average molecular weight is 320 g/mol. The number of likely N-dealkylation sites (N-methyl/N-ethyl adjacent to an activating group) is 1. The number of carbonyl (C=O) groups excluding carboxylic acids is 1. The van der Waals surface area contributed by atoms with Crippen molar-refractivity contribution in [2.45, 2.75) is 13.8 Å². The van der Waals surface area contributed by atoms with Crippen LogP contribution in [0, 0.1) is 0 Å². The van der Waals surface area contributed by atoms with Crippen LogP contribution in [0.2, 0.25) is 0 Å². The summed E-state index contributed by atoms with van der Waals surface area (Å²) in [5.74, 6) is 1.37. The topological polar surface area (TPSA) is 51.1 Å². The second-order valence-electron chi connectivity index (χ2n) is 4.52. The number of methoxy groups -OCH3 is 2. The molecule has 0 aromatic heterocycles. The Hall–Kier alpha value is -1.95. The van der Waals surface area contributed by atoms with Crippen LogP contribution >= 0.6 is 11.8 Å². The molecule has 1 fully saturated rings. The van der Waals surface area contributed by atoms with E-state index >= 15 is 0 Å². The molecule has 1 aliphatic heterocycles. The highest BCUT2D eigenvalue weighted by Gasteiger charge is 2.32. The summed E-state index contributed by atoms with van der Waals surface area (Å²) in [6.07, 6.45) is 1.84. The minimum absolute atomic E-state index is 0.0161. The number of carbonyl (C=O) groups is 1. The fraction of sp³-hybridized carbons (Fsp3) is 0.375. The molecule has 118 valence electrons. The van der Waals surface area contributed by atoms with Crippen molar-refractivity contribution in [2.75, 3.05) is 27.3 Å². The molecule has 0 unspecified atom stereocenters. The van der Waals surface area contributed by atoms with E-state index in [1.165, 1.54) is 11.8 Å². The summed E-state index contributed by atoms with van der Waals surface area (Å²) in [7, 11) is 3.21. The third-order valence-electron chi connectivity index (χ3n) is 3.22. The van der Waals surface area contributed by atoms with Crippen molar-refractivity contribution in [1.29, 1.82) is 0 Å². The van der Waals surface area contributed by atoms with Gasteiger partial charge in [-0.2, -0.15) is 0 Å². The number of ether oxygens (including phenoxy) is 2. The van der Waals surface area contributed by atoms with E-state index in [0.717, 1.165) is 10.7 Å². The zero-order valence-electron chi connectivity index (χ0n) is 13.3. The Morgan fingerprint density at radius 2 is 2.05 bits per heavy atom. The molecule has 0 aliphatic carbocycles. The van der Waals surface area contributed by atoms with Crippen LogP contribution in [-0.4, -0.2) is 43.3 Å². The first-order valence-corrected chi connectivity index (χ1v) is 7.94. The van der Waals surface area contributed by atoms with Crippen molar-refractivity contribution in [3.05, 3.63) is 28.7 Å². The summed E-state index contributed by atoms with van der Waals surface area (Å²) in [5, 5.41) is 0.758. The van der Waals surface area contributed by atoms with Gasteiger partial charge in [-0.05, 0) is 43.8 Å². The van der Waals surface area contributed by atoms with Gasteiger partial charge in [0.15, 0.2) is 5.17 Å². The first kappa shape index (κ1) is 16.4. The molecule has 2 rings (SSSR count). The van der Waals surface area contributed by atoms with Crippen molar-refractivity contribution >= 4 is 28.9 Å². The minimum atomic E-state index is -0.0161. The number of aliphatic imine (C=N–C) groups is 1. The number of hydrogen-bond acceptors (Lipinski definition) is 5. The Balaban J connectivity index is 2.37. The monoisotopic (exact) mass is 320 g/mol. The maximum Gasteiger partial charge on any atom is 0.266 e. The number of benzene rings is 1. The molecule has 5 nitrogen and oxygen atoms in total. The Labute approximate surface area is 135 Å². The Kier molecular flexibility index (Phi) is 5.49. The van der Waals surface area contributed by atoms with Crippen LogP contribution in [0.5, 0.6) is 11.5 Å². The van der Waals surface area contributed by atoms with E-state index < -0.39 is 0 Å². The van der Waals surface area contributed by atoms with Gasteiger partial charge in [0.05, 0.1) is 19.1 Å². The zero-order chi connectivity index (χ0) is 16.1. The van der Waals surface area contributed by atoms with Gasteiger partial charge in [0.2, 0.25) is 0 Å². The molecule has 6 heteroatoms. The first-order valence-electron chi connectivity index (χ1n) is 7.12. The van der Waals surface area contributed by atoms with E-state index in [9.17, 15) is 4.79 Å². The zero-order valence-corrected chi connectivity index (χ0v) is 14.1. The third-order valence-corrected chi connectivity index (χ3v) is 4.27. The van der Waals surface area contributed by atoms with Crippen LogP contribution in [0.4, 0.5) is 0 Å². The molecule has 1 aliphatic rings. The number of thioether (sulfide) groups is 1. The highest BCUT2D eigenvalue weighted by atomic mass is 32.2. The molecule has 0 spiro atoms. The molecule has 0 saturated carbocycles. The van der Waals surface area contributed by atoms with Crippen molar-refractivity contribution in [3.8, 4) is 11.5 Å². The van der Waals surface area contributed by atoms with Gasteiger partial charge >= 0.3 is 0 Å². The van der Waals surface area contributed by atoms with Gasteiger partial charge < -0.3 is 9.47 Å². The van der Waals surface area contributed by atoms with Gasteiger partial charge in [-0.15, -0.1) is 0 Å². The van der Waals surface area contributed by atoms with Crippen LogP contribution in [0.25, 0.3) is 6.08 Å². The van der Waals surface area contributed by atoms with Crippen LogP contribution in [0.15, 0.2) is 28.1 Å². The summed E-state index contributed by atoms with van der Waals surface area (Å²) in [6, 6.07) is 5.52. The number of amidine groups is 1. The van der Waals surface area contributed by atoms with E-state index in [1.807, 2.05) is 32.1 Å². The molecular weight excluding hydrogens is 300 g/mol. The number of rotatable bonds is 5. The molecule has 1 saturated heterocycles. The third kappa shape index (κ3) is 3.27. The van der Waals surface area contributed by atoms with E-state index in [-0.39, 0.29) is 5.91 Å². The predicted octanol–water partition coefficient (Wildman–Crippen LogP) is 3.02. The lowest BCUT2D eigenvalue weighted by Crippen LogP contribution is -2.28. The first-order chi connectivity index (χ1) is 10.6. The van der Waals surface area contributed by atoms with Crippen LogP contribution in [0.1, 0.15) is 19.4 Å². The summed E-state index contributed by atoms with van der Waals surface area (Å²) in [4.78, 5) is 19.2. The molecule has 0 atom stereocenters. The van der Waals surface area contributed by atoms with Gasteiger partial charge in [-0.25, -0.2) is 0 Å². The highest BCUT2D eigenvalue weighted by molar-refractivity contribution is 8.18. The molecule has 1 amide bonds. The molecule has 1 heterocycles. The molecule has 1 aromatic rings. The lowest BCUT2D eigenvalue weighted by Gasteiger charge is -2.11. The van der Waals surface area contributed by atoms with Crippen LogP contribution < -0.4 is 9.47 Å². The molecule has 0 bridgehead atoms. The minimum Gasteiger partial charge on any atom is -0.497 e. The summed E-state index contributed by atoms with van der Waals surface area (Å²) in [5.41, 5.74) is 0.841. The van der Waals surface area contributed by atoms with Gasteiger partial charge in [0.25, 0.3) is 5.91 Å². The molecule has 0 N–H and O–H groups in total. The Morgan fingerprint density at radius 1 is 1.27 bits per heavy atom. The van der Waals surface area contributed by atoms with E-state index in [1.54, 1.807) is 25.2 Å². The lowest BCUT2D eigenvalue weighted by atomic mass is 10.1. The van der Waals surface area contributed by atoms with Crippen molar-refractivity contribution in [3.63, 3.8) is 0 Å². The van der Waals surface area contributed by atoms with Crippen molar-refractivity contribution < 1.29 is 14.3 Å². The summed E-state index contributed by atoms with van der Waals surface area (Å²) in [6.45, 7) is 5.17. The van der Waals surface area contributed by atoms with Crippen LogP contribution in [0.3, 0.4) is 0 Å². The van der Waals surface area contributed by atoms with Gasteiger partial charge in [-0.3, -0.25) is 14.7 Å². The van der Waals surface area contributed by atoms with Gasteiger partial charge in [-0.1, -0.05) is 0 Å². The van der Waals surface area contributed by atoms with Gasteiger partial charge in [0, 0.05) is 24.7 Å². The second kappa shape index (κ2) is 7.35. The average Bonchev–Trinajstić information content (AvgIpc) is 2.83. The van der Waals surface area contributed by atoms with E-state index in [2.05, 4.69) is 4.99 Å². The molecular formula is C16H20N2O3S. The maximum absolute atomic E-state index is 12.4. The van der Waals surface area contributed by atoms with Crippen molar-refractivity contribution in [2.24, 2.45) is 4.99 Å². The van der Waals surface area contributed by atoms with Crippen LogP contribution in [-0.2, 0) is 4.79 Å². The highest BCUT2D eigenvalue weighted by Crippen LogP contribution is 2.35. The van der Waals surface area contributed by atoms with Crippen molar-refractivity contribution in [1.82, 2.24) is 4.90 Å². The molecule has 1 aromatic carbocycles. The second-order valence-corrected chi connectivity index (χ2v) is 5.53. The standard InChI is InChI=1S/C16H20N2O3S/c1-5-17-16-18(6-2)15(19)14(22-16)9-11-7-8-12(20-3)10-13(11)21-4/h7-10H,5-6H2,1-4H3/b14-9+,17-16?. The smallest absolute Gasteiger partial charge is 0.266 e. The summed E-state index contributed by atoms with van der Waals surface area (Å²) < 4.78 is 10.6. The number of amides is 1. The Morgan fingerprint density at radius 3 is 2.64 bits per heavy atom. The summed E-state index contributed by atoms with van der Waals surface area (Å²) >= 11 is 1.40. The number of hydrogen-bond donors (Lipinski definition) is 0.